The molecule has 1 atom stereocenters. The summed E-state index contributed by atoms with van der Waals surface area (Å²) in [6.45, 7) is 24.7. The molecular weight excluding hydrogens is 725 g/mol. The normalized spacial score (nSPS) is 10.7. The van der Waals surface area contributed by atoms with Crippen LogP contribution in [0, 0.1) is 26.7 Å². The van der Waals surface area contributed by atoms with E-state index in [0.29, 0.717) is 17.8 Å². The summed E-state index contributed by atoms with van der Waals surface area (Å²) in [5.41, 5.74) is 8.14. The third-order valence-corrected chi connectivity index (χ3v) is 6.93. The SMILES string of the molecule is CC(C)CC([N-]c1c(C(C)C)cccc1C(C)C)c1ccn(C)n1.[CH2-]c1ccccc1.[CH2-]c1ccccc1.[CH2-]c1ccccc1.[Hf+4]. The van der Waals surface area contributed by atoms with Crippen molar-refractivity contribution in [1.29, 1.82) is 0 Å². The first kappa shape index (κ1) is 40.4. The average Bonchev–Trinajstić information content (AvgIpc) is 3.45. The number of hydrogen-bond donors (Lipinski definition) is 0. The monoisotopic (exact) mass is 779 g/mol. The Morgan fingerprint density at radius 2 is 0.978 bits per heavy atom. The van der Waals surface area contributed by atoms with E-state index < -0.39 is 0 Å². The largest absolute Gasteiger partial charge is 4.00 e. The molecule has 1 unspecified atom stereocenters. The zero-order chi connectivity index (χ0) is 33.2. The maximum atomic E-state index is 5.25. The summed E-state index contributed by atoms with van der Waals surface area (Å²) in [6, 6.07) is 38.5. The van der Waals surface area contributed by atoms with Crippen LogP contribution in [-0.2, 0) is 32.9 Å². The van der Waals surface area contributed by atoms with Gasteiger partial charge in [0.2, 0.25) is 0 Å². The molecule has 4 aromatic carbocycles. The zero-order valence-corrected chi connectivity index (χ0v) is 32.6. The topological polar surface area (TPSA) is 31.9 Å². The van der Waals surface area contributed by atoms with Gasteiger partial charge in [0.25, 0.3) is 0 Å². The molecule has 0 aliphatic heterocycles. The minimum atomic E-state index is 0. The summed E-state index contributed by atoms with van der Waals surface area (Å²) >= 11 is 0. The van der Waals surface area contributed by atoms with Gasteiger partial charge in [-0.15, -0.1) is 42.1 Å². The van der Waals surface area contributed by atoms with Crippen molar-refractivity contribution in [1.82, 2.24) is 9.78 Å². The van der Waals surface area contributed by atoms with Gasteiger partial charge in [-0.05, 0) is 23.8 Å². The number of hydrogen-bond acceptors (Lipinski definition) is 1. The van der Waals surface area contributed by atoms with Crippen LogP contribution in [0.15, 0.2) is 121 Å². The van der Waals surface area contributed by atoms with Gasteiger partial charge >= 0.3 is 25.8 Å². The maximum Gasteiger partial charge on any atom is 4.00 e. The predicted octanol–water partition coefficient (Wildman–Crippen LogP) is 12.1. The molecule has 0 fully saturated rings. The molecule has 0 N–H and O–H groups in total. The van der Waals surface area contributed by atoms with Crippen molar-refractivity contribution in [3.8, 4) is 0 Å². The minimum Gasteiger partial charge on any atom is -0.676 e. The smallest absolute Gasteiger partial charge is 0.676 e. The molecule has 0 aliphatic rings. The Morgan fingerprint density at radius 1 is 0.587 bits per heavy atom. The van der Waals surface area contributed by atoms with E-state index in [9.17, 15) is 0 Å². The second-order valence-corrected chi connectivity index (χ2v) is 12.2. The van der Waals surface area contributed by atoms with Crippen LogP contribution in [0.25, 0.3) is 5.32 Å². The van der Waals surface area contributed by atoms with Crippen molar-refractivity contribution in [2.75, 3.05) is 0 Å². The molecule has 0 spiro atoms. The van der Waals surface area contributed by atoms with Crippen molar-refractivity contribution in [2.24, 2.45) is 13.0 Å². The van der Waals surface area contributed by atoms with Crippen molar-refractivity contribution in [3.05, 3.63) is 181 Å². The summed E-state index contributed by atoms with van der Waals surface area (Å²) in [4.78, 5) is 0. The van der Waals surface area contributed by atoms with E-state index >= 15 is 0 Å². The van der Waals surface area contributed by atoms with E-state index in [1.807, 2.05) is 109 Å². The van der Waals surface area contributed by atoms with Gasteiger partial charge in [0.15, 0.2) is 0 Å². The van der Waals surface area contributed by atoms with E-state index in [0.717, 1.165) is 28.8 Å². The van der Waals surface area contributed by atoms with Crippen molar-refractivity contribution >= 4 is 5.69 Å². The first-order valence-corrected chi connectivity index (χ1v) is 15.9. The molecular formula is C42H53HfN3. The molecule has 4 heteroatoms. The molecule has 46 heavy (non-hydrogen) atoms. The van der Waals surface area contributed by atoms with Crippen LogP contribution < -0.4 is 0 Å². The Hall–Kier alpha value is -3.63. The number of aromatic nitrogens is 2. The number of aryl methyl sites for hydroxylation is 1. The second-order valence-electron chi connectivity index (χ2n) is 12.2. The van der Waals surface area contributed by atoms with Gasteiger partial charge in [0.05, 0.1) is 0 Å². The number of rotatable bonds is 7. The molecule has 0 saturated heterocycles. The standard InChI is InChI=1S/C21H32N3.3C7H7.Hf/c1-14(2)13-20(19-11-12-24(7)23-19)22-21-17(15(3)4)9-8-10-18(21)16(5)6;3*1-7-5-3-2-4-6-7;/h8-12,14-16,20H,13H2,1-7H3;3*2-6H,1H2;/q4*-1;+4. The van der Waals surface area contributed by atoms with Crippen LogP contribution in [-0.4, -0.2) is 9.78 Å². The molecule has 5 rings (SSSR count). The Morgan fingerprint density at radius 3 is 1.24 bits per heavy atom. The molecule has 5 aromatic rings. The van der Waals surface area contributed by atoms with Crippen molar-refractivity contribution < 1.29 is 25.8 Å². The number of benzene rings is 4. The van der Waals surface area contributed by atoms with Crippen LogP contribution in [0.3, 0.4) is 0 Å². The van der Waals surface area contributed by atoms with Crippen molar-refractivity contribution in [2.45, 2.75) is 65.8 Å². The fraction of sp³-hybridized carbons (Fsp3) is 0.286. The van der Waals surface area contributed by atoms with E-state index in [1.54, 1.807) is 0 Å². The fourth-order valence-corrected chi connectivity index (χ4v) is 4.55. The molecule has 1 heterocycles. The summed E-state index contributed by atoms with van der Waals surface area (Å²) in [5, 5.41) is 9.88. The predicted molar refractivity (Wildman–Crippen MR) is 196 cm³/mol. The molecule has 0 aliphatic carbocycles. The zero-order valence-electron chi connectivity index (χ0n) is 29.0. The minimum absolute atomic E-state index is 0. The van der Waals surface area contributed by atoms with Crippen LogP contribution in [0.5, 0.6) is 0 Å². The van der Waals surface area contributed by atoms with Crippen LogP contribution in [0.4, 0.5) is 5.69 Å². The van der Waals surface area contributed by atoms with Gasteiger partial charge in [-0.1, -0.05) is 102 Å². The molecule has 1 aromatic heterocycles. The molecule has 0 radical (unpaired) electrons. The Labute approximate surface area is 299 Å². The van der Waals surface area contributed by atoms with Crippen LogP contribution in [0.1, 0.15) is 99.4 Å². The molecule has 0 amide bonds. The van der Waals surface area contributed by atoms with E-state index in [1.165, 1.54) is 16.8 Å². The molecule has 240 valence electrons. The van der Waals surface area contributed by atoms with E-state index in [-0.39, 0.29) is 31.9 Å². The summed E-state index contributed by atoms with van der Waals surface area (Å²) in [5.74, 6) is 1.51. The fourth-order valence-electron chi connectivity index (χ4n) is 4.55. The number of nitrogens with zero attached hydrogens (tertiary/aromatic N) is 3. The third kappa shape index (κ3) is 15.6. The summed E-state index contributed by atoms with van der Waals surface area (Å²) in [6.07, 6.45) is 3.02. The molecule has 0 saturated carbocycles. The van der Waals surface area contributed by atoms with E-state index in [2.05, 4.69) is 91.7 Å². The van der Waals surface area contributed by atoms with Crippen molar-refractivity contribution in [3.63, 3.8) is 0 Å². The van der Waals surface area contributed by atoms with E-state index in [4.69, 9.17) is 5.32 Å². The Bertz CT molecular complexity index is 1340. The Kier molecular flexibility index (Phi) is 19.3. The van der Waals surface area contributed by atoms with Gasteiger partial charge in [0.1, 0.15) is 0 Å². The van der Waals surface area contributed by atoms with Crippen LogP contribution >= 0.6 is 0 Å². The quantitative estimate of drug-likeness (QED) is 0.120. The second kappa shape index (κ2) is 22.0. The van der Waals surface area contributed by atoms with Gasteiger partial charge in [0, 0.05) is 18.9 Å². The molecule has 3 nitrogen and oxygen atoms in total. The average molecular weight is 778 g/mol. The van der Waals surface area contributed by atoms with Gasteiger partial charge < -0.3 is 5.32 Å². The van der Waals surface area contributed by atoms with Crippen LogP contribution in [0.2, 0.25) is 0 Å². The van der Waals surface area contributed by atoms with Gasteiger partial charge in [-0.3, -0.25) is 4.68 Å². The third-order valence-electron chi connectivity index (χ3n) is 6.93. The maximum absolute atomic E-state index is 5.25. The summed E-state index contributed by atoms with van der Waals surface area (Å²) in [7, 11) is 1.97. The first-order valence-electron chi connectivity index (χ1n) is 15.9. The number of para-hydroxylation sites is 1. The van der Waals surface area contributed by atoms with Gasteiger partial charge in [-0.25, -0.2) is 0 Å². The molecule has 0 bridgehead atoms. The Balaban J connectivity index is 0.000000385. The summed E-state index contributed by atoms with van der Waals surface area (Å²) < 4.78 is 1.87. The first-order chi connectivity index (χ1) is 21.5. The van der Waals surface area contributed by atoms with Gasteiger partial charge in [-0.2, -0.15) is 79.0 Å².